The number of ether oxygens (including phenoxy) is 2. The van der Waals surface area contributed by atoms with Crippen molar-refractivity contribution >= 4 is 46.8 Å². The summed E-state index contributed by atoms with van der Waals surface area (Å²) in [5.74, 6) is -1.51. The highest BCUT2D eigenvalue weighted by Gasteiger charge is 2.48. The molecule has 0 saturated carbocycles. The van der Waals surface area contributed by atoms with Crippen molar-refractivity contribution < 1.29 is 28.4 Å². The summed E-state index contributed by atoms with van der Waals surface area (Å²) in [6, 6.07) is 3.75. The molecule has 1 aromatic heterocycles. The Morgan fingerprint density at radius 2 is 2.00 bits per heavy atom. The SMILES string of the molecule is COC(=O)C1(Cc2nc(Cl)nc(N3CCN(C(=O)OC(C)(C)C)[C@@H](CC#N)C3)c2[N+](=O)[O-])CCCc2c(Cl)cc(F)cc21. The van der Waals surface area contributed by atoms with Crippen LogP contribution in [0.1, 0.15) is 56.9 Å². The van der Waals surface area contributed by atoms with Gasteiger partial charge in [-0.15, -0.1) is 0 Å². The predicted molar refractivity (Wildman–Crippen MR) is 155 cm³/mol. The van der Waals surface area contributed by atoms with Gasteiger partial charge in [0, 0.05) is 31.1 Å². The van der Waals surface area contributed by atoms with Gasteiger partial charge in [-0.05, 0) is 74.9 Å². The van der Waals surface area contributed by atoms with Crippen molar-refractivity contribution in [3.05, 3.63) is 55.2 Å². The number of carbonyl (C=O) groups excluding carboxylic acids is 2. The minimum atomic E-state index is -1.54. The minimum absolute atomic E-state index is 0.0201. The molecule has 1 amide bonds. The van der Waals surface area contributed by atoms with Crippen molar-refractivity contribution in [1.29, 1.82) is 5.26 Å². The number of hydrogen-bond acceptors (Lipinski definition) is 10. The average molecular weight is 637 g/mol. The van der Waals surface area contributed by atoms with E-state index in [1.165, 1.54) is 18.1 Å². The van der Waals surface area contributed by atoms with Crippen molar-refractivity contribution in [3.8, 4) is 6.07 Å². The van der Waals surface area contributed by atoms with Crippen LogP contribution in [0.5, 0.6) is 0 Å². The van der Waals surface area contributed by atoms with Gasteiger partial charge in [0.2, 0.25) is 11.1 Å². The van der Waals surface area contributed by atoms with E-state index in [4.69, 9.17) is 32.7 Å². The van der Waals surface area contributed by atoms with Crippen LogP contribution in [0.3, 0.4) is 0 Å². The number of anilines is 1. The number of benzene rings is 1. The quantitative estimate of drug-likeness (QED) is 0.180. The molecule has 1 aromatic carbocycles. The normalized spacial score (nSPS) is 20.2. The van der Waals surface area contributed by atoms with Gasteiger partial charge in [-0.25, -0.2) is 14.2 Å². The third-order valence-electron chi connectivity index (χ3n) is 7.58. The van der Waals surface area contributed by atoms with Gasteiger partial charge in [0.25, 0.3) is 0 Å². The molecule has 2 heterocycles. The number of rotatable bonds is 6. The van der Waals surface area contributed by atoms with Crippen LogP contribution < -0.4 is 4.90 Å². The Kier molecular flexibility index (Phi) is 9.32. The minimum Gasteiger partial charge on any atom is -0.468 e. The molecule has 12 nitrogen and oxygen atoms in total. The molecule has 1 aliphatic carbocycles. The Bertz CT molecular complexity index is 1500. The summed E-state index contributed by atoms with van der Waals surface area (Å²) in [6.45, 7) is 5.40. The average Bonchev–Trinajstić information content (AvgIpc) is 2.91. The first kappa shape index (κ1) is 32.2. The van der Waals surface area contributed by atoms with Crippen LogP contribution in [0.2, 0.25) is 10.3 Å². The fourth-order valence-electron chi connectivity index (χ4n) is 5.81. The molecule has 0 bridgehead atoms. The van der Waals surface area contributed by atoms with Crippen molar-refractivity contribution in [3.63, 3.8) is 0 Å². The second-order valence-corrected chi connectivity index (χ2v) is 12.3. The lowest BCUT2D eigenvalue weighted by atomic mass is 9.67. The maximum atomic E-state index is 14.6. The molecule has 0 spiro atoms. The number of halogens is 3. The summed E-state index contributed by atoms with van der Waals surface area (Å²) in [4.78, 5) is 49.6. The van der Waals surface area contributed by atoms with Gasteiger partial charge in [0.05, 0.1) is 36.0 Å². The Labute approximate surface area is 257 Å². The number of nitro groups is 1. The zero-order valence-corrected chi connectivity index (χ0v) is 25.7. The lowest BCUT2D eigenvalue weighted by Gasteiger charge is -2.41. The van der Waals surface area contributed by atoms with E-state index in [2.05, 4.69) is 16.0 Å². The van der Waals surface area contributed by atoms with Gasteiger partial charge in [0.15, 0.2) is 0 Å². The first-order valence-corrected chi connectivity index (χ1v) is 14.4. The standard InChI is InChI=1S/C28H31Cl2FN6O6/c1-27(2,3)43-26(39)36-11-10-35(15-17(36)7-9-32)23-22(37(40)41)21(33-25(30)34-23)14-28(24(38)42-4)8-5-6-18-19(28)12-16(31)13-20(18)29/h12-13,17H,5-8,10-11,14-15H2,1-4H3/t17-,28?/m0/s1. The van der Waals surface area contributed by atoms with Crippen molar-refractivity contribution in [2.75, 3.05) is 31.6 Å². The number of methoxy groups -OCH3 is 1. The third-order valence-corrected chi connectivity index (χ3v) is 8.09. The van der Waals surface area contributed by atoms with Crippen LogP contribution >= 0.6 is 23.2 Å². The largest absolute Gasteiger partial charge is 0.468 e. The number of fused-ring (bicyclic) bond motifs is 1. The Balaban J connectivity index is 1.79. The summed E-state index contributed by atoms with van der Waals surface area (Å²) >= 11 is 12.7. The van der Waals surface area contributed by atoms with E-state index in [-0.39, 0.29) is 66.3 Å². The van der Waals surface area contributed by atoms with Crippen LogP contribution in [0.25, 0.3) is 0 Å². The van der Waals surface area contributed by atoms with E-state index in [1.54, 1.807) is 25.7 Å². The summed E-state index contributed by atoms with van der Waals surface area (Å²) < 4.78 is 25.2. The molecule has 4 rings (SSSR count). The molecular weight excluding hydrogens is 606 g/mol. The van der Waals surface area contributed by atoms with Crippen molar-refractivity contribution in [2.45, 2.75) is 69.9 Å². The number of piperazine rings is 1. The number of carbonyl (C=O) groups is 2. The van der Waals surface area contributed by atoms with E-state index in [0.29, 0.717) is 18.4 Å². The van der Waals surface area contributed by atoms with Gasteiger partial charge < -0.3 is 19.3 Å². The summed E-state index contributed by atoms with van der Waals surface area (Å²) in [7, 11) is 1.19. The van der Waals surface area contributed by atoms with E-state index in [1.807, 2.05) is 0 Å². The number of nitriles is 1. The van der Waals surface area contributed by atoms with Gasteiger partial charge in [-0.2, -0.15) is 10.2 Å². The smallest absolute Gasteiger partial charge is 0.410 e. The highest BCUT2D eigenvalue weighted by molar-refractivity contribution is 6.31. The molecule has 1 aliphatic heterocycles. The van der Waals surface area contributed by atoms with Gasteiger partial charge in [-0.1, -0.05) is 11.6 Å². The second-order valence-electron chi connectivity index (χ2n) is 11.5. The number of amides is 1. The van der Waals surface area contributed by atoms with Crippen molar-refractivity contribution in [1.82, 2.24) is 14.9 Å². The fraction of sp³-hybridized carbons (Fsp3) is 0.536. The second kappa shape index (κ2) is 12.5. The monoisotopic (exact) mass is 636 g/mol. The first-order chi connectivity index (χ1) is 20.2. The van der Waals surface area contributed by atoms with Gasteiger partial charge in [-0.3, -0.25) is 14.9 Å². The van der Waals surface area contributed by atoms with Crippen LogP contribution in [0, 0.1) is 27.3 Å². The van der Waals surface area contributed by atoms with E-state index >= 15 is 0 Å². The molecule has 1 fully saturated rings. The maximum Gasteiger partial charge on any atom is 0.410 e. The molecule has 15 heteroatoms. The lowest BCUT2D eigenvalue weighted by Crippen LogP contribution is -2.56. The molecule has 1 unspecified atom stereocenters. The Morgan fingerprint density at radius 3 is 2.63 bits per heavy atom. The molecule has 43 heavy (non-hydrogen) atoms. The molecule has 230 valence electrons. The summed E-state index contributed by atoms with van der Waals surface area (Å²) in [5.41, 5.74) is -2.11. The van der Waals surface area contributed by atoms with Gasteiger partial charge in [0.1, 0.15) is 17.1 Å². The zero-order valence-electron chi connectivity index (χ0n) is 24.2. The zero-order chi connectivity index (χ0) is 31.7. The summed E-state index contributed by atoms with van der Waals surface area (Å²) in [6.07, 6.45) is 0.147. The first-order valence-electron chi connectivity index (χ1n) is 13.6. The third kappa shape index (κ3) is 6.60. The molecule has 2 atom stereocenters. The van der Waals surface area contributed by atoms with E-state index < -0.39 is 45.5 Å². The van der Waals surface area contributed by atoms with Crippen LogP contribution in [0.15, 0.2) is 12.1 Å². The number of aromatic nitrogens is 2. The number of nitrogens with zero attached hydrogens (tertiary/aromatic N) is 6. The summed E-state index contributed by atoms with van der Waals surface area (Å²) in [5, 5.41) is 21.9. The Morgan fingerprint density at radius 1 is 1.28 bits per heavy atom. The van der Waals surface area contributed by atoms with Crippen molar-refractivity contribution in [2.24, 2.45) is 0 Å². The highest BCUT2D eigenvalue weighted by Crippen LogP contribution is 2.45. The van der Waals surface area contributed by atoms with Crippen LogP contribution in [-0.2, 0) is 32.5 Å². The van der Waals surface area contributed by atoms with Crippen LogP contribution in [-0.4, -0.2) is 70.2 Å². The number of hydrogen-bond donors (Lipinski definition) is 0. The fourth-order valence-corrected chi connectivity index (χ4v) is 6.30. The topological polar surface area (TPSA) is 152 Å². The predicted octanol–water partition coefficient (Wildman–Crippen LogP) is 5.16. The molecule has 0 radical (unpaired) electrons. The molecule has 2 aromatic rings. The number of esters is 1. The molecular formula is C28H31Cl2FN6O6. The van der Waals surface area contributed by atoms with E-state index in [9.17, 15) is 29.4 Å². The van der Waals surface area contributed by atoms with Crippen LogP contribution in [0.4, 0.5) is 20.7 Å². The molecule has 1 saturated heterocycles. The Hall–Kier alpha value is -3.76. The van der Waals surface area contributed by atoms with Gasteiger partial charge >= 0.3 is 17.7 Å². The lowest BCUT2D eigenvalue weighted by molar-refractivity contribution is -0.385. The molecule has 2 aliphatic rings. The highest BCUT2D eigenvalue weighted by atomic mass is 35.5. The molecule has 0 N–H and O–H groups in total. The van der Waals surface area contributed by atoms with E-state index in [0.717, 1.165) is 6.07 Å². The maximum absolute atomic E-state index is 14.6.